The second-order valence-electron chi connectivity index (χ2n) is 4.19. The number of rotatable bonds is 5. The third kappa shape index (κ3) is 3.92. The first-order valence-electron chi connectivity index (χ1n) is 5.01. The van der Waals surface area contributed by atoms with Gasteiger partial charge in [-0.2, -0.15) is 0 Å². The average Bonchev–Trinajstić information content (AvgIpc) is 2.25. The number of methoxy groups -OCH3 is 1. The lowest BCUT2D eigenvalue weighted by atomic mass is 10.2. The molecule has 0 saturated heterocycles. The van der Waals surface area contributed by atoms with Crippen molar-refractivity contribution in [3.05, 3.63) is 28.3 Å². The van der Waals surface area contributed by atoms with Crippen molar-refractivity contribution in [2.45, 2.75) is 19.4 Å². The van der Waals surface area contributed by atoms with Gasteiger partial charge in [0.05, 0.1) is 23.7 Å². The molecule has 0 saturated carbocycles. The predicted octanol–water partition coefficient (Wildman–Crippen LogP) is 1.75. The molecule has 0 fully saturated rings. The van der Waals surface area contributed by atoms with Gasteiger partial charge in [-0.1, -0.05) is 0 Å². The first kappa shape index (κ1) is 13.2. The number of nitro groups is 1. The molecular formula is C11H15NO5. The van der Waals surface area contributed by atoms with Gasteiger partial charge >= 0.3 is 5.69 Å². The minimum Gasteiger partial charge on any atom is -0.490 e. The Bertz CT molecular complexity index is 411. The Hall–Kier alpha value is -1.82. The molecule has 6 heteroatoms. The van der Waals surface area contributed by atoms with Crippen molar-refractivity contribution in [2.75, 3.05) is 13.7 Å². The summed E-state index contributed by atoms with van der Waals surface area (Å²) in [5.74, 6) is 0.491. The zero-order chi connectivity index (χ0) is 13.1. The highest BCUT2D eigenvalue weighted by atomic mass is 16.6. The van der Waals surface area contributed by atoms with Crippen molar-refractivity contribution < 1.29 is 19.5 Å². The molecule has 0 aliphatic carbocycles. The van der Waals surface area contributed by atoms with E-state index in [-0.39, 0.29) is 18.0 Å². The third-order valence-electron chi connectivity index (χ3n) is 1.94. The van der Waals surface area contributed by atoms with Crippen LogP contribution in [0.25, 0.3) is 0 Å². The Labute approximate surface area is 98.9 Å². The summed E-state index contributed by atoms with van der Waals surface area (Å²) < 4.78 is 10.1. The maximum absolute atomic E-state index is 10.8. The lowest BCUT2D eigenvalue weighted by Gasteiger charge is -2.17. The standard InChI is InChI=1S/C11H15NO5/c1-11(2,13)7-17-8-4-5-10(16-3)9(6-8)12(14)15/h4-6,13H,7H2,1-3H3. The second-order valence-corrected chi connectivity index (χ2v) is 4.19. The Morgan fingerprint density at radius 3 is 2.59 bits per heavy atom. The molecule has 0 atom stereocenters. The number of hydrogen-bond donors (Lipinski definition) is 1. The summed E-state index contributed by atoms with van der Waals surface area (Å²) in [5, 5.41) is 20.2. The van der Waals surface area contributed by atoms with Crippen LogP contribution in [0, 0.1) is 10.1 Å². The normalized spacial score (nSPS) is 11.1. The number of nitrogens with zero attached hydrogens (tertiary/aromatic N) is 1. The van der Waals surface area contributed by atoms with Crippen LogP contribution in [-0.2, 0) is 0 Å². The Balaban J connectivity index is 2.89. The third-order valence-corrected chi connectivity index (χ3v) is 1.94. The van der Waals surface area contributed by atoms with Crippen molar-refractivity contribution in [3.8, 4) is 11.5 Å². The summed E-state index contributed by atoms with van der Waals surface area (Å²) in [7, 11) is 1.36. The molecule has 94 valence electrons. The minimum absolute atomic E-state index is 0.0521. The molecule has 6 nitrogen and oxygen atoms in total. The van der Waals surface area contributed by atoms with Gasteiger partial charge in [0.25, 0.3) is 0 Å². The van der Waals surface area contributed by atoms with Crippen LogP contribution in [-0.4, -0.2) is 29.3 Å². The molecule has 1 aromatic carbocycles. The van der Waals surface area contributed by atoms with Gasteiger partial charge in [0, 0.05) is 0 Å². The molecule has 0 aromatic heterocycles. The smallest absolute Gasteiger partial charge is 0.314 e. The van der Waals surface area contributed by atoms with Crippen LogP contribution in [0.5, 0.6) is 11.5 Å². The first-order valence-corrected chi connectivity index (χ1v) is 5.01. The molecule has 0 bridgehead atoms. The number of hydrogen-bond acceptors (Lipinski definition) is 5. The molecule has 0 radical (unpaired) electrons. The Kier molecular flexibility index (Phi) is 3.90. The lowest BCUT2D eigenvalue weighted by Crippen LogP contribution is -2.27. The lowest BCUT2D eigenvalue weighted by molar-refractivity contribution is -0.385. The van der Waals surface area contributed by atoms with Gasteiger partial charge in [-0.05, 0) is 26.0 Å². The van der Waals surface area contributed by atoms with E-state index in [9.17, 15) is 15.2 Å². The molecular weight excluding hydrogens is 226 g/mol. The van der Waals surface area contributed by atoms with Gasteiger partial charge in [0.2, 0.25) is 0 Å². The highest BCUT2D eigenvalue weighted by molar-refractivity contribution is 5.50. The molecule has 0 amide bonds. The van der Waals surface area contributed by atoms with Crippen molar-refractivity contribution in [1.82, 2.24) is 0 Å². The Morgan fingerprint density at radius 1 is 1.47 bits per heavy atom. The first-order chi connectivity index (χ1) is 7.83. The molecule has 0 unspecified atom stereocenters. The molecule has 17 heavy (non-hydrogen) atoms. The van der Waals surface area contributed by atoms with Gasteiger partial charge < -0.3 is 14.6 Å². The molecule has 1 aromatic rings. The van der Waals surface area contributed by atoms with Crippen LogP contribution in [0.2, 0.25) is 0 Å². The van der Waals surface area contributed by atoms with Crippen LogP contribution in [0.3, 0.4) is 0 Å². The second kappa shape index (κ2) is 5.01. The van der Waals surface area contributed by atoms with Crippen LogP contribution < -0.4 is 9.47 Å². The van der Waals surface area contributed by atoms with Crippen LogP contribution >= 0.6 is 0 Å². The van der Waals surface area contributed by atoms with E-state index >= 15 is 0 Å². The number of benzene rings is 1. The van der Waals surface area contributed by atoms with E-state index in [4.69, 9.17) is 9.47 Å². The number of nitro benzene ring substituents is 1. The van der Waals surface area contributed by atoms with Gasteiger partial charge in [0.15, 0.2) is 5.75 Å². The summed E-state index contributed by atoms with van der Waals surface area (Å²) in [6.07, 6.45) is 0. The molecule has 1 rings (SSSR count). The highest BCUT2D eigenvalue weighted by Gasteiger charge is 2.18. The Morgan fingerprint density at radius 2 is 2.12 bits per heavy atom. The zero-order valence-electron chi connectivity index (χ0n) is 9.97. The molecule has 1 N–H and O–H groups in total. The summed E-state index contributed by atoms with van der Waals surface area (Å²) in [4.78, 5) is 10.2. The van der Waals surface area contributed by atoms with Gasteiger partial charge in [-0.3, -0.25) is 10.1 Å². The van der Waals surface area contributed by atoms with Crippen LogP contribution in [0.15, 0.2) is 18.2 Å². The maximum Gasteiger partial charge on any atom is 0.314 e. The monoisotopic (exact) mass is 241 g/mol. The molecule has 0 heterocycles. The van der Waals surface area contributed by atoms with E-state index in [1.165, 1.54) is 19.2 Å². The van der Waals surface area contributed by atoms with Crippen LogP contribution in [0.4, 0.5) is 5.69 Å². The van der Waals surface area contributed by atoms with Crippen LogP contribution in [0.1, 0.15) is 13.8 Å². The van der Waals surface area contributed by atoms with Crippen molar-refractivity contribution in [2.24, 2.45) is 0 Å². The van der Waals surface area contributed by atoms with Gasteiger partial charge in [0.1, 0.15) is 12.4 Å². The average molecular weight is 241 g/mol. The summed E-state index contributed by atoms with van der Waals surface area (Å²) in [5.41, 5.74) is -1.16. The van der Waals surface area contributed by atoms with E-state index < -0.39 is 10.5 Å². The quantitative estimate of drug-likeness (QED) is 0.627. The van der Waals surface area contributed by atoms with E-state index in [2.05, 4.69) is 0 Å². The van der Waals surface area contributed by atoms with E-state index in [1.54, 1.807) is 19.9 Å². The van der Waals surface area contributed by atoms with E-state index in [0.717, 1.165) is 0 Å². The molecule has 0 aliphatic heterocycles. The predicted molar refractivity (Wildman–Crippen MR) is 61.4 cm³/mol. The van der Waals surface area contributed by atoms with Gasteiger partial charge in [-0.15, -0.1) is 0 Å². The summed E-state index contributed by atoms with van der Waals surface area (Å²) >= 11 is 0. The van der Waals surface area contributed by atoms with Gasteiger partial charge in [-0.25, -0.2) is 0 Å². The van der Waals surface area contributed by atoms with Crippen molar-refractivity contribution >= 4 is 5.69 Å². The highest BCUT2D eigenvalue weighted by Crippen LogP contribution is 2.30. The minimum atomic E-state index is -0.991. The molecule has 0 spiro atoms. The van der Waals surface area contributed by atoms with Crippen molar-refractivity contribution in [3.63, 3.8) is 0 Å². The topological polar surface area (TPSA) is 81.8 Å². The number of aliphatic hydroxyl groups is 1. The fraction of sp³-hybridized carbons (Fsp3) is 0.455. The van der Waals surface area contributed by atoms with Crippen molar-refractivity contribution in [1.29, 1.82) is 0 Å². The zero-order valence-corrected chi connectivity index (χ0v) is 9.97. The maximum atomic E-state index is 10.8. The fourth-order valence-corrected chi connectivity index (χ4v) is 1.16. The van der Waals surface area contributed by atoms with E-state index in [0.29, 0.717) is 5.75 Å². The SMILES string of the molecule is COc1ccc(OCC(C)(C)O)cc1[N+](=O)[O-]. The van der Waals surface area contributed by atoms with E-state index in [1.807, 2.05) is 0 Å². The fourth-order valence-electron chi connectivity index (χ4n) is 1.16. The largest absolute Gasteiger partial charge is 0.490 e. The number of ether oxygens (including phenoxy) is 2. The summed E-state index contributed by atoms with van der Waals surface area (Å²) in [6.45, 7) is 3.23. The molecule has 0 aliphatic rings. The summed E-state index contributed by atoms with van der Waals surface area (Å²) in [6, 6.07) is 4.28.